The smallest absolute Gasteiger partial charge is 0.281 e. The van der Waals surface area contributed by atoms with Gasteiger partial charge in [-0.1, -0.05) is 133 Å². The molecule has 0 N–H and O–H groups in total. The maximum absolute atomic E-state index is 13.8. The summed E-state index contributed by atoms with van der Waals surface area (Å²) in [5, 5.41) is 12.4. The van der Waals surface area contributed by atoms with Gasteiger partial charge in [-0.15, -0.1) is 0 Å². The van der Waals surface area contributed by atoms with E-state index in [4.69, 9.17) is 19.7 Å². The molecule has 6 aromatic carbocycles. The summed E-state index contributed by atoms with van der Waals surface area (Å²) in [6.45, 7) is 0.755. The molecule has 0 spiro atoms. The Balaban J connectivity index is 0.970. The SMILES string of the molecule is O=C1/C(=C\c2ccccc2OCCCOc2ccccc2/C=C2\C(=O)N(c3ccccc3)N=C2c2ccccc2)C(c2ccccc2)=NN1c1ccccc1. The van der Waals surface area contributed by atoms with Crippen molar-refractivity contribution in [3.8, 4) is 11.5 Å². The van der Waals surface area contributed by atoms with Crippen molar-refractivity contribution in [2.24, 2.45) is 10.2 Å². The molecule has 0 aromatic heterocycles. The average molecular weight is 721 g/mol. The molecule has 0 bridgehead atoms. The topological polar surface area (TPSA) is 83.8 Å². The third kappa shape index (κ3) is 7.61. The van der Waals surface area contributed by atoms with Crippen LogP contribution < -0.4 is 19.5 Å². The van der Waals surface area contributed by atoms with Gasteiger partial charge < -0.3 is 9.47 Å². The van der Waals surface area contributed by atoms with Crippen LogP contribution in [0.15, 0.2) is 191 Å². The summed E-state index contributed by atoms with van der Waals surface area (Å²) in [6.07, 6.45) is 4.29. The lowest BCUT2D eigenvalue weighted by Gasteiger charge is -2.13. The van der Waals surface area contributed by atoms with E-state index in [2.05, 4.69) is 0 Å². The normalized spacial score (nSPS) is 15.4. The quantitative estimate of drug-likeness (QED) is 0.0933. The number of hydrogen-bond donors (Lipinski definition) is 0. The second-order valence-electron chi connectivity index (χ2n) is 12.8. The summed E-state index contributed by atoms with van der Waals surface area (Å²) < 4.78 is 12.5. The molecule has 8 rings (SSSR count). The molecule has 268 valence electrons. The first-order valence-electron chi connectivity index (χ1n) is 18.1. The Kier molecular flexibility index (Phi) is 10.2. The van der Waals surface area contributed by atoms with Gasteiger partial charge in [-0.05, 0) is 48.6 Å². The second kappa shape index (κ2) is 16.1. The van der Waals surface area contributed by atoms with Crippen molar-refractivity contribution >= 4 is 46.8 Å². The molecular weight excluding hydrogens is 685 g/mol. The van der Waals surface area contributed by atoms with Gasteiger partial charge in [0.2, 0.25) is 0 Å². The Labute approximate surface area is 319 Å². The van der Waals surface area contributed by atoms with E-state index in [-0.39, 0.29) is 11.8 Å². The molecule has 0 atom stereocenters. The van der Waals surface area contributed by atoms with Crippen LogP contribution in [0.3, 0.4) is 0 Å². The number of rotatable bonds is 12. The lowest BCUT2D eigenvalue weighted by molar-refractivity contribution is -0.115. The molecule has 2 aliphatic rings. The van der Waals surface area contributed by atoms with Crippen molar-refractivity contribution in [3.05, 3.63) is 203 Å². The number of ether oxygens (including phenoxy) is 2. The number of benzene rings is 6. The molecule has 6 aromatic rings. The maximum atomic E-state index is 13.8. The fraction of sp³-hybridized carbons (Fsp3) is 0.0638. The molecule has 8 nitrogen and oxygen atoms in total. The van der Waals surface area contributed by atoms with E-state index in [9.17, 15) is 9.59 Å². The van der Waals surface area contributed by atoms with Crippen LogP contribution in [-0.2, 0) is 9.59 Å². The van der Waals surface area contributed by atoms with Gasteiger partial charge in [0, 0.05) is 28.7 Å². The van der Waals surface area contributed by atoms with Gasteiger partial charge in [-0.25, -0.2) is 0 Å². The summed E-state index contributed by atoms with van der Waals surface area (Å²) in [4.78, 5) is 27.6. The van der Waals surface area contributed by atoms with Gasteiger partial charge in [0.1, 0.15) is 22.9 Å². The van der Waals surface area contributed by atoms with Crippen LogP contribution in [0.25, 0.3) is 12.2 Å². The van der Waals surface area contributed by atoms with Crippen molar-refractivity contribution in [2.75, 3.05) is 23.2 Å². The number of anilines is 2. The van der Waals surface area contributed by atoms with Crippen molar-refractivity contribution in [3.63, 3.8) is 0 Å². The number of carbonyl (C=O) groups excluding carboxylic acids is 2. The zero-order valence-electron chi connectivity index (χ0n) is 29.9. The number of carbonyl (C=O) groups is 2. The highest BCUT2D eigenvalue weighted by Crippen LogP contribution is 2.32. The highest BCUT2D eigenvalue weighted by Gasteiger charge is 2.33. The fourth-order valence-electron chi connectivity index (χ4n) is 6.39. The van der Waals surface area contributed by atoms with Gasteiger partial charge in [-0.3, -0.25) is 9.59 Å². The summed E-state index contributed by atoms with van der Waals surface area (Å²) in [5.74, 6) is 0.871. The lowest BCUT2D eigenvalue weighted by atomic mass is 10.00. The van der Waals surface area contributed by atoms with Crippen LogP contribution in [0.1, 0.15) is 28.7 Å². The van der Waals surface area contributed by atoms with E-state index >= 15 is 0 Å². The monoisotopic (exact) mass is 720 g/mol. The molecule has 2 aliphatic heterocycles. The van der Waals surface area contributed by atoms with Crippen LogP contribution in [0.2, 0.25) is 0 Å². The number of nitrogens with zero attached hydrogens (tertiary/aromatic N) is 4. The number of hydrazone groups is 2. The second-order valence-corrected chi connectivity index (χ2v) is 12.8. The standard InChI is InChI=1S/C47H36N4O4/c52-46-40(44(34-18-5-1-6-19-34)48-50(46)38-24-9-3-10-25-38)32-36-22-13-15-28-42(36)54-30-17-31-55-43-29-16-14-23-37(43)33-41-45(35-20-7-2-8-21-35)49-51(47(41)53)39-26-11-4-12-27-39/h1-16,18-29,32-33H,17,30-31H2/b40-32-,41-33-. The zero-order chi connectivity index (χ0) is 37.4. The summed E-state index contributed by atoms with van der Waals surface area (Å²) in [7, 11) is 0. The molecule has 2 heterocycles. The predicted octanol–water partition coefficient (Wildman–Crippen LogP) is 9.20. The van der Waals surface area contributed by atoms with Gasteiger partial charge >= 0.3 is 0 Å². The maximum Gasteiger partial charge on any atom is 0.281 e. The zero-order valence-corrected chi connectivity index (χ0v) is 29.9. The minimum absolute atomic E-state index is 0.212. The first-order valence-corrected chi connectivity index (χ1v) is 18.1. The van der Waals surface area contributed by atoms with Gasteiger partial charge in [0.15, 0.2) is 0 Å². The minimum atomic E-state index is -0.212. The van der Waals surface area contributed by atoms with Crippen molar-refractivity contribution in [2.45, 2.75) is 6.42 Å². The fourth-order valence-corrected chi connectivity index (χ4v) is 6.39. The summed E-state index contributed by atoms with van der Waals surface area (Å²) in [6, 6.07) is 53.6. The molecule has 2 amide bonds. The third-order valence-corrected chi connectivity index (χ3v) is 9.09. The minimum Gasteiger partial charge on any atom is -0.493 e. The van der Waals surface area contributed by atoms with E-state index in [1.807, 2.05) is 182 Å². The van der Waals surface area contributed by atoms with E-state index < -0.39 is 0 Å². The molecule has 0 unspecified atom stereocenters. The number of amides is 2. The summed E-state index contributed by atoms with van der Waals surface area (Å²) >= 11 is 0. The first-order chi connectivity index (χ1) is 27.1. The predicted molar refractivity (Wildman–Crippen MR) is 218 cm³/mol. The first kappa shape index (κ1) is 34.7. The van der Waals surface area contributed by atoms with Gasteiger partial charge in [0.25, 0.3) is 11.8 Å². The Morgan fingerprint density at radius 2 is 0.782 bits per heavy atom. The Bertz CT molecular complexity index is 2270. The highest BCUT2D eigenvalue weighted by molar-refractivity contribution is 6.38. The van der Waals surface area contributed by atoms with Crippen LogP contribution in [0, 0.1) is 0 Å². The van der Waals surface area contributed by atoms with E-state index in [1.54, 1.807) is 0 Å². The van der Waals surface area contributed by atoms with E-state index in [0.29, 0.717) is 65.1 Å². The molecule has 0 saturated carbocycles. The van der Waals surface area contributed by atoms with Gasteiger partial charge in [-0.2, -0.15) is 20.2 Å². The molecule has 55 heavy (non-hydrogen) atoms. The van der Waals surface area contributed by atoms with Crippen LogP contribution >= 0.6 is 0 Å². The molecule has 0 radical (unpaired) electrons. The van der Waals surface area contributed by atoms with E-state index in [1.165, 1.54) is 10.0 Å². The van der Waals surface area contributed by atoms with Crippen molar-refractivity contribution in [1.82, 2.24) is 0 Å². The number of hydrogen-bond acceptors (Lipinski definition) is 6. The van der Waals surface area contributed by atoms with E-state index in [0.717, 1.165) is 22.3 Å². The number of para-hydroxylation sites is 4. The van der Waals surface area contributed by atoms with Crippen LogP contribution in [-0.4, -0.2) is 36.5 Å². The lowest BCUT2D eigenvalue weighted by Crippen LogP contribution is -2.21. The Morgan fingerprint density at radius 3 is 1.18 bits per heavy atom. The molecule has 0 aliphatic carbocycles. The van der Waals surface area contributed by atoms with Gasteiger partial charge in [0.05, 0.1) is 35.7 Å². The molecule has 0 fully saturated rings. The Hall–Kier alpha value is -7.32. The molecule has 8 heteroatoms. The molecule has 0 saturated heterocycles. The summed E-state index contributed by atoms with van der Waals surface area (Å²) in [5.41, 5.74) is 6.78. The average Bonchev–Trinajstić information content (AvgIpc) is 3.75. The third-order valence-electron chi connectivity index (χ3n) is 9.09. The molecular formula is C47H36N4O4. The van der Waals surface area contributed by atoms with Crippen LogP contribution in [0.5, 0.6) is 11.5 Å². The largest absolute Gasteiger partial charge is 0.493 e. The highest BCUT2D eigenvalue weighted by atomic mass is 16.5. The van der Waals surface area contributed by atoms with Crippen LogP contribution in [0.4, 0.5) is 11.4 Å². The Morgan fingerprint density at radius 1 is 0.436 bits per heavy atom. The van der Waals surface area contributed by atoms with Crippen molar-refractivity contribution in [1.29, 1.82) is 0 Å². The van der Waals surface area contributed by atoms with Crippen molar-refractivity contribution < 1.29 is 19.1 Å².